The number of rotatable bonds is 3. The first-order chi connectivity index (χ1) is 6.09. The minimum atomic E-state index is -2.08. The lowest BCUT2D eigenvalue weighted by Gasteiger charge is -2.03. The summed E-state index contributed by atoms with van der Waals surface area (Å²) in [5, 5.41) is 0. The minimum Gasteiger partial charge on any atom is -0.294 e. The van der Waals surface area contributed by atoms with Gasteiger partial charge < -0.3 is 0 Å². The summed E-state index contributed by atoms with van der Waals surface area (Å²) in [5.41, 5.74) is 1.21. The molecule has 0 saturated carbocycles. The first-order valence-corrected chi connectivity index (χ1v) is 4.65. The number of aromatic nitrogens is 1. The van der Waals surface area contributed by atoms with Crippen LogP contribution in [0.1, 0.15) is 11.3 Å². The maximum atomic E-state index is 12.6. The van der Waals surface area contributed by atoms with E-state index in [1.165, 1.54) is 6.07 Å². The Balaban J connectivity index is 2.75. The van der Waals surface area contributed by atoms with E-state index in [4.69, 9.17) is 4.55 Å². The molecule has 1 atom stereocenters. The van der Waals surface area contributed by atoms with Crippen molar-refractivity contribution in [3.63, 3.8) is 0 Å². The Hall–Kier alpha value is -0.850. The molecular weight excluding hydrogens is 195 g/mol. The summed E-state index contributed by atoms with van der Waals surface area (Å²) in [6.07, 6.45) is 1.11. The fraction of sp³-hybridized carbons (Fsp3) is 0.286. The van der Waals surface area contributed by atoms with Crippen molar-refractivity contribution in [3.05, 3.63) is 29.3 Å². The van der Waals surface area contributed by atoms with Gasteiger partial charge in [-0.3, -0.25) is 9.54 Å². The first-order valence-electron chi connectivity index (χ1n) is 3.55. The van der Waals surface area contributed by atoms with E-state index < -0.39 is 17.1 Å². The Labute approximate surface area is 77.6 Å². The topological polar surface area (TPSA) is 62.2 Å². The van der Waals surface area contributed by atoms with Crippen LogP contribution in [-0.2, 0) is 17.8 Å². The van der Waals surface area contributed by atoms with E-state index in [-0.39, 0.29) is 6.54 Å². The largest absolute Gasteiger partial charge is 0.294 e. The van der Waals surface area contributed by atoms with Gasteiger partial charge >= 0.3 is 0 Å². The van der Waals surface area contributed by atoms with Crippen molar-refractivity contribution >= 4 is 11.3 Å². The molecule has 0 fully saturated rings. The molecule has 72 valence electrons. The average molecular weight is 204 g/mol. The van der Waals surface area contributed by atoms with Crippen molar-refractivity contribution in [3.8, 4) is 0 Å². The summed E-state index contributed by atoms with van der Waals surface area (Å²) >= 11 is -2.08. The molecule has 13 heavy (non-hydrogen) atoms. The molecule has 1 aromatic heterocycles. The van der Waals surface area contributed by atoms with E-state index in [2.05, 4.69) is 9.71 Å². The van der Waals surface area contributed by atoms with Crippen molar-refractivity contribution < 1.29 is 13.2 Å². The lowest BCUT2D eigenvalue weighted by molar-refractivity contribution is 0.547. The Morgan fingerprint density at radius 1 is 1.77 bits per heavy atom. The number of hydrogen-bond donors (Lipinski definition) is 2. The first kappa shape index (κ1) is 10.2. The second-order valence-corrected chi connectivity index (χ2v) is 3.26. The van der Waals surface area contributed by atoms with Crippen LogP contribution in [0.25, 0.3) is 0 Å². The summed E-state index contributed by atoms with van der Waals surface area (Å²) in [6, 6.07) is 1.28. The second kappa shape index (κ2) is 4.40. The van der Waals surface area contributed by atoms with Crippen LogP contribution >= 0.6 is 0 Å². The molecule has 0 aliphatic rings. The third-order valence-corrected chi connectivity index (χ3v) is 1.94. The molecule has 0 spiro atoms. The van der Waals surface area contributed by atoms with Crippen molar-refractivity contribution in [1.82, 2.24) is 9.71 Å². The lowest BCUT2D eigenvalue weighted by atomic mass is 10.2. The number of nitrogens with zero attached hydrogens (tertiary/aromatic N) is 1. The van der Waals surface area contributed by atoms with Gasteiger partial charge in [0.1, 0.15) is 5.82 Å². The molecule has 0 aliphatic carbocycles. The van der Waals surface area contributed by atoms with Gasteiger partial charge in [0.25, 0.3) is 0 Å². The van der Waals surface area contributed by atoms with E-state index in [1.807, 2.05) is 0 Å². The van der Waals surface area contributed by atoms with Gasteiger partial charge in [0.2, 0.25) is 11.3 Å². The molecule has 1 heterocycles. The van der Waals surface area contributed by atoms with Gasteiger partial charge in [-0.2, -0.15) is 0 Å². The van der Waals surface area contributed by atoms with Gasteiger partial charge in [0.05, 0.1) is 6.20 Å². The van der Waals surface area contributed by atoms with Crippen LogP contribution < -0.4 is 4.72 Å². The predicted molar refractivity (Wildman–Crippen MR) is 46.5 cm³/mol. The standard InChI is InChI=1S/C7H9FN2O2S/c1-5-6(3-10-13(11)12)2-7(8)4-9-5/h2,4,10H,3H2,1H3,(H,11,12). The predicted octanol–water partition coefficient (Wildman–Crippen LogP) is 0.755. The highest BCUT2D eigenvalue weighted by molar-refractivity contribution is 7.77. The fourth-order valence-electron chi connectivity index (χ4n) is 0.868. The number of aryl methyl sites for hydroxylation is 1. The average Bonchev–Trinajstić information content (AvgIpc) is 2.06. The SMILES string of the molecule is Cc1ncc(F)cc1CNS(=O)O. The number of pyridine rings is 1. The van der Waals surface area contributed by atoms with E-state index in [0.29, 0.717) is 11.3 Å². The molecule has 0 bridgehead atoms. The molecule has 1 aromatic rings. The Bertz CT molecular complexity index is 332. The van der Waals surface area contributed by atoms with Gasteiger partial charge in [-0.15, -0.1) is 0 Å². The molecule has 0 aromatic carbocycles. The molecular formula is C7H9FN2O2S. The zero-order valence-electron chi connectivity index (χ0n) is 6.95. The molecule has 0 amide bonds. The van der Waals surface area contributed by atoms with Gasteiger partial charge in [0.15, 0.2) is 0 Å². The van der Waals surface area contributed by atoms with E-state index in [0.717, 1.165) is 6.20 Å². The quantitative estimate of drug-likeness (QED) is 0.714. The summed E-state index contributed by atoms with van der Waals surface area (Å²) in [4.78, 5) is 3.76. The van der Waals surface area contributed by atoms with Crippen LogP contribution in [0.5, 0.6) is 0 Å². The van der Waals surface area contributed by atoms with Crippen LogP contribution in [-0.4, -0.2) is 13.7 Å². The maximum Gasteiger partial charge on any atom is 0.232 e. The third-order valence-electron chi connectivity index (χ3n) is 1.54. The third kappa shape index (κ3) is 3.17. The smallest absolute Gasteiger partial charge is 0.232 e. The molecule has 0 saturated heterocycles. The van der Waals surface area contributed by atoms with Crippen LogP contribution in [0, 0.1) is 12.7 Å². The van der Waals surface area contributed by atoms with Gasteiger partial charge in [0, 0.05) is 12.2 Å². The van der Waals surface area contributed by atoms with Crippen LogP contribution in [0.3, 0.4) is 0 Å². The van der Waals surface area contributed by atoms with Gasteiger partial charge in [-0.1, -0.05) is 0 Å². The molecule has 6 heteroatoms. The lowest BCUT2D eigenvalue weighted by Crippen LogP contribution is -2.16. The van der Waals surface area contributed by atoms with Crippen LogP contribution in [0.2, 0.25) is 0 Å². The monoisotopic (exact) mass is 204 g/mol. The van der Waals surface area contributed by atoms with Crippen molar-refractivity contribution in [2.45, 2.75) is 13.5 Å². The van der Waals surface area contributed by atoms with Gasteiger partial charge in [-0.25, -0.2) is 13.3 Å². The van der Waals surface area contributed by atoms with E-state index in [1.54, 1.807) is 6.92 Å². The Morgan fingerprint density at radius 3 is 3.08 bits per heavy atom. The van der Waals surface area contributed by atoms with E-state index in [9.17, 15) is 8.60 Å². The van der Waals surface area contributed by atoms with Crippen molar-refractivity contribution in [2.24, 2.45) is 0 Å². The number of hydrogen-bond acceptors (Lipinski definition) is 2. The molecule has 1 rings (SSSR count). The summed E-state index contributed by atoms with van der Waals surface area (Å²) in [5.74, 6) is -0.453. The summed E-state index contributed by atoms with van der Waals surface area (Å²) in [7, 11) is 0. The second-order valence-electron chi connectivity index (χ2n) is 2.47. The summed E-state index contributed by atoms with van der Waals surface area (Å²) < 4.78 is 33.6. The number of halogens is 1. The zero-order chi connectivity index (χ0) is 9.84. The van der Waals surface area contributed by atoms with E-state index >= 15 is 0 Å². The normalized spacial score (nSPS) is 12.8. The van der Waals surface area contributed by atoms with Crippen LogP contribution in [0.4, 0.5) is 4.39 Å². The highest BCUT2D eigenvalue weighted by Gasteiger charge is 2.02. The Kier molecular flexibility index (Phi) is 3.47. The van der Waals surface area contributed by atoms with Gasteiger partial charge in [-0.05, 0) is 18.6 Å². The summed E-state index contributed by atoms with van der Waals surface area (Å²) in [6.45, 7) is 1.83. The molecule has 0 radical (unpaired) electrons. The van der Waals surface area contributed by atoms with Crippen molar-refractivity contribution in [1.29, 1.82) is 0 Å². The minimum absolute atomic E-state index is 0.125. The maximum absolute atomic E-state index is 12.6. The molecule has 4 nitrogen and oxygen atoms in total. The molecule has 2 N–H and O–H groups in total. The highest BCUT2D eigenvalue weighted by Crippen LogP contribution is 2.06. The highest BCUT2D eigenvalue weighted by atomic mass is 32.2. The zero-order valence-corrected chi connectivity index (χ0v) is 7.77. The molecule has 0 aliphatic heterocycles. The fourth-order valence-corrected chi connectivity index (χ4v) is 1.15. The van der Waals surface area contributed by atoms with Crippen molar-refractivity contribution in [2.75, 3.05) is 0 Å². The Morgan fingerprint density at radius 2 is 2.46 bits per heavy atom. The number of nitrogens with one attached hydrogen (secondary N) is 1. The molecule has 1 unspecified atom stereocenters. The van der Waals surface area contributed by atoms with Crippen LogP contribution in [0.15, 0.2) is 12.3 Å².